The van der Waals surface area contributed by atoms with Gasteiger partial charge < -0.3 is 0 Å². The molecule has 0 fully saturated rings. The molecule has 33 heavy (non-hydrogen) atoms. The van der Waals surface area contributed by atoms with E-state index in [0.29, 0.717) is 0 Å². The second-order valence-electron chi connectivity index (χ2n) is 10.8. The van der Waals surface area contributed by atoms with E-state index in [9.17, 15) is 0 Å². The van der Waals surface area contributed by atoms with Crippen LogP contribution in [-0.2, 0) is 18.9 Å². The molecule has 0 saturated carbocycles. The van der Waals surface area contributed by atoms with Crippen LogP contribution in [0.2, 0.25) is 39.3 Å². The van der Waals surface area contributed by atoms with Crippen molar-refractivity contribution in [2.45, 2.75) is 60.1 Å². The first kappa shape index (κ1) is 28.7. The molecule has 5 heteroatoms. The van der Waals surface area contributed by atoms with Crippen molar-refractivity contribution in [2.75, 3.05) is 0 Å². The van der Waals surface area contributed by atoms with E-state index in [1.165, 1.54) is 32.7 Å². The molecule has 178 valence electrons. The fourth-order valence-corrected chi connectivity index (χ4v) is 6.00. The first-order valence-electron chi connectivity index (χ1n) is 11.5. The summed E-state index contributed by atoms with van der Waals surface area (Å²) in [5.41, 5.74) is 2.74. The Bertz CT molecular complexity index is 1140. The largest absolute Gasteiger partial charge is 0.165 e. The molecule has 0 bridgehead atoms. The third-order valence-corrected chi connectivity index (χ3v) is 13.4. The Morgan fingerprint density at radius 2 is 1.00 bits per heavy atom. The van der Waals surface area contributed by atoms with Crippen molar-refractivity contribution in [1.29, 1.82) is 0 Å². The van der Waals surface area contributed by atoms with Gasteiger partial charge in [-0.25, -0.2) is 0 Å². The van der Waals surface area contributed by atoms with Gasteiger partial charge in [-0.1, -0.05) is 65.3 Å². The molecule has 0 heterocycles. The summed E-state index contributed by atoms with van der Waals surface area (Å²) < 4.78 is 1.89. The normalized spacial score (nSPS) is 11.5. The molecule has 0 aromatic heterocycles. The molecule has 0 unspecified atom stereocenters. The van der Waals surface area contributed by atoms with Crippen LogP contribution < -0.4 is 10.4 Å². The molecule has 0 aliphatic rings. The summed E-state index contributed by atoms with van der Waals surface area (Å²) in [5, 5.41) is 8.67. The minimum Gasteiger partial charge on any atom is -0.165 e. The predicted molar refractivity (Wildman–Crippen MR) is 158 cm³/mol. The van der Waals surface area contributed by atoms with Crippen LogP contribution >= 0.6 is 17.0 Å². The zero-order valence-electron chi connectivity index (χ0n) is 21.6. The average molecular weight is 593 g/mol. The van der Waals surface area contributed by atoms with Gasteiger partial charge in [0.05, 0.1) is 16.1 Å². The summed E-state index contributed by atoms with van der Waals surface area (Å²) in [6.45, 7) is 20.6. The Labute approximate surface area is 217 Å². The SMILES string of the molecule is C[CH]=[Zr]([Cl])[Cl].Cc1cc2ccc([Si](C)(C)C)cc2[cH-]1.Cc1cc2ccc([Si](C)(C)C)cc2[cH-]1. The summed E-state index contributed by atoms with van der Waals surface area (Å²) >= 11 is -1.76. The molecule has 0 atom stereocenters. The first-order valence-corrected chi connectivity index (χ1v) is 26.3. The van der Waals surface area contributed by atoms with E-state index >= 15 is 0 Å². The van der Waals surface area contributed by atoms with Crippen LogP contribution in [0.3, 0.4) is 0 Å². The van der Waals surface area contributed by atoms with E-state index in [4.69, 9.17) is 17.0 Å². The second-order valence-corrected chi connectivity index (χ2v) is 29.8. The molecule has 0 aliphatic heterocycles. The maximum atomic E-state index is 5.37. The maximum absolute atomic E-state index is 5.37. The number of rotatable bonds is 2. The van der Waals surface area contributed by atoms with Crippen LogP contribution in [0.1, 0.15) is 18.1 Å². The van der Waals surface area contributed by atoms with Crippen molar-refractivity contribution in [3.63, 3.8) is 0 Å². The van der Waals surface area contributed by atoms with E-state index in [1.54, 1.807) is 10.4 Å². The number of fused-ring (bicyclic) bond motifs is 2. The van der Waals surface area contributed by atoms with Crippen molar-refractivity contribution >= 4 is 68.8 Å². The zero-order valence-corrected chi connectivity index (χ0v) is 27.6. The maximum Gasteiger partial charge on any atom is 0.0665 e. The summed E-state index contributed by atoms with van der Waals surface area (Å²) in [6.07, 6.45) is 0. The molecule has 0 radical (unpaired) electrons. The van der Waals surface area contributed by atoms with Crippen LogP contribution in [0.5, 0.6) is 0 Å². The fourth-order valence-electron chi connectivity index (χ4n) is 3.66. The van der Waals surface area contributed by atoms with Crippen LogP contribution in [0.25, 0.3) is 21.5 Å². The number of hydrogen-bond donors (Lipinski definition) is 0. The van der Waals surface area contributed by atoms with Gasteiger partial charge in [-0.05, 0) is 0 Å². The summed E-state index contributed by atoms with van der Waals surface area (Å²) in [7, 11) is 8.45. The first-order chi connectivity index (χ1) is 15.2. The smallest absolute Gasteiger partial charge is 0.0665 e. The minimum absolute atomic E-state index is 1.14. The molecule has 4 aromatic carbocycles. The van der Waals surface area contributed by atoms with Crippen molar-refractivity contribution in [1.82, 2.24) is 0 Å². The molecular weight excluding hydrogens is 555 g/mol. The Morgan fingerprint density at radius 3 is 1.27 bits per heavy atom. The molecule has 0 N–H and O–H groups in total. The van der Waals surface area contributed by atoms with Crippen molar-refractivity contribution in [2.24, 2.45) is 0 Å². The van der Waals surface area contributed by atoms with Crippen LogP contribution in [-0.4, -0.2) is 19.9 Å². The van der Waals surface area contributed by atoms with Gasteiger partial charge >= 0.3 is 46.5 Å². The number of halogens is 2. The molecule has 0 saturated heterocycles. The van der Waals surface area contributed by atoms with Crippen LogP contribution in [0, 0.1) is 13.8 Å². The molecule has 4 aromatic rings. The Kier molecular flexibility index (Phi) is 10.3. The van der Waals surface area contributed by atoms with Gasteiger partial charge in [-0.2, -0.15) is 22.9 Å². The van der Waals surface area contributed by atoms with E-state index in [-0.39, 0.29) is 0 Å². The Balaban J connectivity index is 0.000000195. The monoisotopic (exact) mass is 590 g/mol. The second kappa shape index (κ2) is 11.9. The van der Waals surface area contributed by atoms with E-state index < -0.39 is 35.0 Å². The van der Waals surface area contributed by atoms with E-state index in [1.807, 2.05) is 10.6 Å². The van der Waals surface area contributed by atoms with Gasteiger partial charge in [-0.3, -0.25) is 0 Å². The Morgan fingerprint density at radius 1 is 0.667 bits per heavy atom. The number of aryl methyl sites for hydroxylation is 2. The van der Waals surface area contributed by atoms with Crippen molar-refractivity contribution in [3.05, 3.63) is 71.8 Å². The zero-order chi connectivity index (χ0) is 25.0. The van der Waals surface area contributed by atoms with Crippen LogP contribution in [0.15, 0.2) is 60.7 Å². The molecular formula is C28H38Cl2Si2Zr-2. The van der Waals surface area contributed by atoms with Gasteiger partial charge in [0.1, 0.15) is 0 Å². The van der Waals surface area contributed by atoms with Gasteiger partial charge in [0, 0.05) is 0 Å². The van der Waals surface area contributed by atoms with E-state index in [0.717, 1.165) is 0 Å². The summed E-state index contributed by atoms with van der Waals surface area (Å²) in [5.74, 6) is 0. The quantitative estimate of drug-likeness (QED) is 0.162. The van der Waals surface area contributed by atoms with Crippen molar-refractivity contribution < 1.29 is 18.9 Å². The van der Waals surface area contributed by atoms with E-state index in [2.05, 4.69) is 114 Å². The summed E-state index contributed by atoms with van der Waals surface area (Å²) in [6, 6.07) is 22.9. The number of benzene rings is 2. The van der Waals surface area contributed by atoms with Crippen molar-refractivity contribution in [3.8, 4) is 0 Å². The van der Waals surface area contributed by atoms with Gasteiger partial charge in [-0.15, -0.1) is 68.7 Å². The minimum atomic E-state index is -1.76. The van der Waals surface area contributed by atoms with Gasteiger partial charge in [0.15, 0.2) is 0 Å². The third kappa shape index (κ3) is 8.86. The third-order valence-electron chi connectivity index (χ3n) is 5.66. The van der Waals surface area contributed by atoms with Crippen LogP contribution in [0.4, 0.5) is 0 Å². The molecule has 0 nitrogen and oxygen atoms in total. The average Bonchev–Trinajstić information content (AvgIpc) is 3.26. The molecule has 4 rings (SSSR count). The number of hydrogen-bond acceptors (Lipinski definition) is 0. The molecule has 0 spiro atoms. The fraction of sp³-hybridized carbons (Fsp3) is 0.321. The molecule has 0 aliphatic carbocycles. The van der Waals surface area contributed by atoms with Gasteiger partial charge in [0.2, 0.25) is 0 Å². The topological polar surface area (TPSA) is 0 Å². The summed E-state index contributed by atoms with van der Waals surface area (Å²) in [4.78, 5) is 0. The predicted octanol–water partition coefficient (Wildman–Crippen LogP) is 8.56. The van der Waals surface area contributed by atoms with Gasteiger partial charge in [0.25, 0.3) is 0 Å². The Hall–Kier alpha value is -0.573. The standard InChI is InChI=1S/2C13H17Si.C2H4.2ClH.Zr/c2*1-10-7-11-5-6-13(14(2,3)4)9-12(11)8-10;1-2;;;/h2*5-9H,1-4H3;1H,2H3;2*1H;/q2*-1;;;;+2/p-2. The molecule has 0 amide bonds.